The van der Waals surface area contributed by atoms with Crippen LogP contribution in [0.5, 0.6) is 0 Å². The van der Waals surface area contributed by atoms with Gasteiger partial charge >= 0.3 is 0 Å². The SMILES string of the molecule is O=C(Nc1ccon1)c1ccc(=O)n(Cc2ccc(F)cc2)c1. The normalized spacial score (nSPS) is 10.5. The van der Waals surface area contributed by atoms with Crippen LogP contribution in [0.2, 0.25) is 0 Å². The Bertz CT molecular complexity index is 870. The zero-order chi connectivity index (χ0) is 16.2. The second kappa shape index (κ2) is 6.27. The maximum absolute atomic E-state index is 12.9. The smallest absolute Gasteiger partial charge is 0.258 e. The van der Waals surface area contributed by atoms with Gasteiger partial charge in [0.25, 0.3) is 11.5 Å². The molecular weight excluding hydrogens is 301 g/mol. The minimum absolute atomic E-state index is 0.240. The number of benzene rings is 1. The summed E-state index contributed by atoms with van der Waals surface area (Å²) in [6.07, 6.45) is 2.78. The third kappa shape index (κ3) is 3.52. The molecule has 116 valence electrons. The van der Waals surface area contributed by atoms with Crippen molar-refractivity contribution in [1.82, 2.24) is 9.72 Å². The Kier molecular flexibility index (Phi) is 4.01. The molecule has 0 radical (unpaired) electrons. The second-order valence-electron chi connectivity index (χ2n) is 4.85. The van der Waals surface area contributed by atoms with Gasteiger partial charge in [0.05, 0.1) is 12.1 Å². The van der Waals surface area contributed by atoms with Crippen molar-refractivity contribution in [3.63, 3.8) is 0 Å². The third-order valence-corrected chi connectivity index (χ3v) is 3.19. The van der Waals surface area contributed by atoms with Crippen molar-refractivity contribution >= 4 is 11.7 Å². The number of halogens is 1. The molecule has 0 spiro atoms. The number of hydrogen-bond donors (Lipinski definition) is 1. The maximum atomic E-state index is 12.9. The molecule has 23 heavy (non-hydrogen) atoms. The molecule has 3 rings (SSSR count). The van der Waals surface area contributed by atoms with E-state index in [0.717, 1.165) is 5.56 Å². The van der Waals surface area contributed by atoms with Crippen molar-refractivity contribution in [3.8, 4) is 0 Å². The molecule has 0 aliphatic heterocycles. The molecule has 1 aromatic carbocycles. The molecule has 1 amide bonds. The fourth-order valence-corrected chi connectivity index (χ4v) is 2.04. The highest BCUT2D eigenvalue weighted by Gasteiger charge is 2.10. The predicted molar refractivity (Wildman–Crippen MR) is 80.7 cm³/mol. The molecule has 2 aromatic heterocycles. The van der Waals surface area contributed by atoms with Gasteiger partial charge in [0.15, 0.2) is 5.82 Å². The lowest BCUT2D eigenvalue weighted by Crippen LogP contribution is -2.22. The summed E-state index contributed by atoms with van der Waals surface area (Å²) in [5.41, 5.74) is 0.796. The van der Waals surface area contributed by atoms with E-state index in [1.54, 1.807) is 12.1 Å². The lowest BCUT2D eigenvalue weighted by Gasteiger charge is -2.08. The van der Waals surface area contributed by atoms with E-state index in [0.29, 0.717) is 5.56 Å². The van der Waals surface area contributed by atoms with E-state index in [4.69, 9.17) is 0 Å². The van der Waals surface area contributed by atoms with Gasteiger partial charge in [0, 0.05) is 18.3 Å². The van der Waals surface area contributed by atoms with Crippen molar-refractivity contribution in [2.24, 2.45) is 0 Å². The summed E-state index contributed by atoms with van der Waals surface area (Å²) in [5.74, 6) is -0.472. The molecule has 2 heterocycles. The Morgan fingerprint density at radius 3 is 2.65 bits per heavy atom. The number of carbonyl (C=O) groups excluding carboxylic acids is 1. The number of carbonyl (C=O) groups is 1. The van der Waals surface area contributed by atoms with Gasteiger partial charge < -0.3 is 14.4 Å². The zero-order valence-electron chi connectivity index (χ0n) is 11.9. The van der Waals surface area contributed by atoms with E-state index < -0.39 is 5.91 Å². The van der Waals surface area contributed by atoms with E-state index in [-0.39, 0.29) is 23.7 Å². The highest BCUT2D eigenvalue weighted by atomic mass is 19.1. The summed E-state index contributed by atoms with van der Waals surface area (Å²) in [6, 6.07) is 10.1. The van der Waals surface area contributed by atoms with E-state index in [2.05, 4.69) is 15.0 Å². The van der Waals surface area contributed by atoms with Crippen LogP contribution in [-0.4, -0.2) is 15.6 Å². The van der Waals surface area contributed by atoms with Crippen LogP contribution in [0.25, 0.3) is 0 Å². The fourth-order valence-electron chi connectivity index (χ4n) is 2.04. The summed E-state index contributed by atoms with van der Waals surface area (Å²) < 4.78 is 18.9. The number of anilines is 1. The molecule has 6 nitrogen and oxygen atoms in total. The summed E-state index contributed by atoms with van der Waals surface area (Å²) in [6.45, 7) is 0.240. The van der Waals surface area contributed by atoms with Gasteiger partial charge in [-0.05, 0) is 23.8 Å². The molecule has 0 aliphatic carbocycles. The minimum Gasteiger partial charge on any atom is -0.363 e. The highest BCUT2D eigenvalue weighted by Crippen LogP contribution is 2.07. The molecular formula is C16H12FN3O3. The minimum atomic E-state index is -0.410. The molecule has 7 heteroatoms. The number of hydrogen-bond acceptors (Lipinski definition) is 4. The molecule has 0 saturated carbocycles. The average molecular weight is 313 g/mol. The number of nitrogens with zero attached hydrogens (tertiary/aromatic N) is 2. The largest absolute Gasteiger partial charge is 0.363 e. The number of nitrogens with one attached hydrogen (secondary N) is 1. The average Bonchev–Trinajstić information content (AvgIpc) is 3.04. The summed E-state index contributed by atoms with van der Waals surface area (Å²) in [7, 11) is 0. The van der Waals surface area contributed by atoms with Crippen molar-refractivity contribution in [1.29, 1.82) is 0 Å². The number of aromatic nitrogens is 2. The quantitative estimate of drug-likeness (QED) is 0.801. The maximum Gasteiger partial charge on any atom is 0.258 e. The van der Waals surface area contributed by atoms with Crippen LogP contribution in [0, 0.1) is 5.82 Å². The van der Waals surface area contributed by atoms with Gasteiger partial charge in [-0.2, -0.15) is 0 Å². The number of amides is 1. The van der Waals surface area contributed by atoms with Gasteiger partial charge in [-0.1, -0.05) is 17.3 Å². The first-order valence-electron chi connectivity index (χ1n) is 6.78. The Hall–Kier alpha value is -3.22. The summed E-state index contributed by atoms with van der Waals surface area (Å²) in [4.78, 5) is 24.0. The van der Waals surface area contributed by atoms with Gasteiger partial charge in [-0.3, -0.25) is 9.59 Å². The third-order valence-electron chi connectivity index (χ3n) is 3.19. The first-order valence-corrected chi connectivity index (χ1v) is 6.78. The highest BCUT2D eigenvalue weighted by molar-refractivity contribution is 6.03. The standard InChI is InChI=1S/C16H12FN3O3/c17-13-4-1-11(2-5-13)9-20-10-12(3-6-15(20)21)16(22)18-14-7-8-23-19-14/h1-8,10H,9H2,(H,18,19,22). The number of rotatable bonds is 4. The Labute approximate surface area is 130 Å². The van der Waals surface area contributed by atoms with Crippen LogP contribution in [0.1, 0.15) is 15.9 Å². The zero-order valence-corrected chi connectivity index (χ0v) is 11.9. The summed E-state index contributed by atoms with van der Waals surface area (Å²) in [5, 5.41) is 6.13. The molecule has 0 bridgehead atoms. The Morgan fingerprint density at radius 1 is 1.17 bits per heavy atom. The molecule has 0 atom stereocenters. The Balaban J connectivity index is 1.82. The van der Waals surface area contributed by atoms with Crippen molar-refractivity contribution in [3.05, 3.63) is 82.2 Å². The monoisotopic (exact) mass is 313 g/mol. The van der Waals surface area contributed by atoms with E-state index in [1.807, 2.05) is 0 Å². The van der Waals surface area contributed by atoms with Gasteiger partial charge in [0.2, 0.25) is 0 Å². The van der Waals surface area contributed by atoms with E-state index in [9.17, 15) is 14.0 Å². The molecule has 0 fully saturated rings. The molecule has 1 N–H and O–H groups in total. The lowest BCUT2D eigenvalue weighted by molar-refractivity contribution is 0.102. The van der Waals surface area contributed by atoms with Crippen LogP contribution in [0.15, 0.2) is 64.2 Å². The van der Waals surface area contributed by atoms with Crippen molar-refractivity contribution < 1.29 is 13.7 Å². The van der Waals surface area contributed by atoms with E-state index >= 15 is 0 Å². The molecule has 0 aliphatic rings. The van der Waals surface area contributed by atoms with Crippen LogP contribution >= 0.6 is 0 Å². The summed E-state index contributed by atoms with van der Waals surface area (Å²) >= 11 is 0. The molecule has 0 saturated heterocycles. The first-order chi connectivity index (χ1) is 11.1. The van der Waals surface area contributed by atoms with Crippen molar-refractivity contribution in [2.45, 2.75) is 6.54 Å². The van der Waals surface area contributed by atoms with Crippen LogP contribution < -0.4 is 10.9 Å². The topological polar surface area (TPSA) is 77.1 Å². The second-order valence-corrected chi connectivity index (χ2v) is 4.85. The van der Waals surface area contributed by atoms with E-state index in [1.165, 1.54) is 47.4 Å². The first kappa shape index (κ1) is 14.7. The molecule has 0 unspecified atom stereocenters. The van der Waals surface area contributed by atoms with Crippen LogP contribution in [0.4, 0.5) is 10.2 Å². The fraction of sp³-hybridized carbons (Fsp3) is 0.0625. The predicted octanol–water partition coefficient (Wildman–Crippen LogP) is 2.28. The lowest BCUT2D eigenvalue weighted by atomic mass is 10.2. The molecule has 3 aromatic rings. The van der Waals surface area contributed by atoms with Gasteiger partial charge in [-0.15, -0.1) is 0 Å². The van der Waals surface area contributed by atoms with Gasteiger partial charge in [0.1, 0.15) is 12.1 Å². The van der Waals surface area contributed by atoms with Crippen LogP contribution in [0.3, 0.4) is 0 Å². The number of pyridine rings is 1. The van der Waals surface area contributed by atoms with Crippen LogP contribution in [-0.2, 0) is 6.54 Å². The van der Waals surface area contributed by atoms with Crippen molar-refractivity contribution in [2.75, 3.05) is 5.32 Å². The Morgan fingerprint density at radius 2 is 1.96 bits per heavy atom. The van der Waals surface area contributed by atoms with Gasteiger partial charge in [-0.25, -0.2) is 4.39 Å².